The first-order valence-electron chi connectivity index (χ1n) is 12.1. The van der Waals surface area contributed by atoms with E-state index in [1.54, 1.807) is 18.5 Å². The Morgan fingerprint density at radius 3 is 2.76 bits per heavy atom. The Kier molecular flexibility index (Phi) is 8.47. The van der Waals surface area contributed by atoms with Gasteiger partial charge < -0.3 is 9.47 Å². The molecule has 1 fully saturated rings. The minimum Gasteiger partial charge on any atom is -0.484 e. The molecule has 0 atom stereocenters. The lowest BCUT2D eigenvalue weighted by molar-refractivity contribution is -0.122. The normalized spacial score (nSPS) is 21.1. The molecular weight excluding hydrogens is 460 g/mol. The summed E-state index contributed by atoms with van der Waals surface area (Å²) >= 11 is 1.40. The number of aromatic nitrogens is 2. The van der Waals surface area contributed by atoms with E-state index in [1.165, 1.54) is 24.2 Å². The summed E-state index contributed by atoms with van der Waals surface area (Å²) in [7, 11) is 0. The van der Waals surface area contributed by atoms with Crippen LogP contribution in [0.15, 0.2) is 24.5 Å². The molecule has 1 aliphatic heterocycles. The summed E-state index contributed by atoms with van der Waals surface area (Å²) in [4.78, 5) is 24.3. The van der Waals surface area contributed by atoms with E-state index >= 15 is 0 Å². The third-order valence-electron chi connectivity index (χ3n) is 6.61. The van der Waals surface area contributed by atoms with Crippen LogP contribution in [0.4, 0.5) is 8.78 Å². The molecule has 0 aromatic carbocycles. The van der Waals surface area contributed by atoms with Gasteiger partial charge in [0.05, 0.1) is 11.9 Å². The third kappa shape index (κ3) is 7.70. The molecule has 0 saturated heterocycles. The largest absolute Gasteiger partial charge is 0.484 e. The molecule has 0 unspecified atom stereocenters. The van der Waals surface area contributed by atoms with Crippen LogP contribution < -0.4 is 9.47 Å². The van der Waals surface area contributed by atoms with Crippen molar-refractivity contribution in [3.8, 4) is 10.9 Å². The maximum absolute atomic E-state index is 13.0. The monoisotopic (exact) mass is 493 g/mol. The fourth-order valence-corrected chi connectivity index (χ4v) is 5.64. The van der Waals surface area contributed by atoms with Crippen LogP contribution in [0.25, 0.3) is 0 Å². The molecule has 0 N–H and O–H groups in total. The van der Waals surface area contributed by atoms with Crippen molar-refractivity contribution < 1.29 is 23.0 Å². The molecule has 186 valence electrons. The summed E-state index contributed by atoms with van der Waals surface area (Å²) in [6, 6.07) is 3.60. The Hall–Kier alpha value is -2.13. The van der Waals surface area contributed by atoms with Gasteiger partial charge in [0.1, 0.15) is 12.4 Å². The number of carbonyl (C=O) groups excluding carboxylic acids is 1. The number of carbonyl (C=O) groups is 1. The van der Waals surface area contributed by atoms with Gasteiger partial charge in [0.2, 0.25) is 0 Å². The van der Waals surface area contributed by atoms with Gasteiger partial charge in [-0.1, -0.05) is 24.2 Å². The lowest BCUT2D eigenvalue weighted by Crippen LogP contribution is -2.32. The molecule has 0 spiro atoms. The second-order valence-corrected chi connectivity index (χ2v) is 10.7. The van der Waals surface area contributed by atoms with Crippen LogP contribution >= 0.6 is 11.3 Å². The van der Waals surface area contributed by atoms with E-state index in [2.05, 4.69) is 14.9 Å². The Labute approximate surface area is 203 Å². The molecule has 1 saturated carbocycles. The van der Waals surface area contributed by atoms with Crippen LogP contribution in [0.5, 0.6) is 10.9 Å². The number of Topliss-reactive ketones (excluding diaryl/α,β-unsaturated/α-hetero) is 1. The number of alkyl halides is 2. The summed E-state index contributed by atoms with van der Waals surface area (Å²) in [5.74, 6) is -0.903. The third-order valence-corrected chi connectivity index (χ3v) is 7.68. The van der Waals surface area contributed by atoms with Gasteiger partial charge in [0.25, 0.3) is 11.1 Å². The standard InChI is InChI=1S/C25H33F2N3O3S/c1-25(26,27)17-33-24-29-22-15-30(12-9-23(22)34-24)11-8-18-4-6-19(7-5-18)13-20(31)16-32-21-3-2-10-28-14-21/h2-3,10,14,18-19H,4-9,11-13,15-17H2,1H3. The predicted octanol–water partition coefficient (Wildman–Crippen LogP) is 5.16. The Morgan fingerprint density at radius 1 is 1.24 bits per heavy atom. The van der Waals surface area contributed by atoms with Crippen LogP contribution in [0.3, 0.4) is 0 Å². The molecule has 0 amide bonds. The Balaban J connectivity index is 1.13. The van der Waals surface area contributed by atoms with Crippen molar-refractivity contribution >= 4 is 17.1 Å². The zero-order valence-corrected chi connectivity index (χ0v) is 20.5. The highest BCUT2D eigenvalue weighted by atomic mass is 32.1. The molecule has 2 aromatic rings. The number of hydrogen-bond acceptors (Lipinski definition) is 7. The van der Waals surface area contributed by atoms with Crippen molar-refractivity contribution in [3.05, 3.63) is 35.1 Å². The van der Waals surface area contributed by atoms with E-state index in [4.69, 9.17) is 9.47 Å². The summed E-state index contributed by atoms with van der Waals surface area (Å²) < 4.78 is 36.8. The predicted molar refractivity (Wildman–Crippen MR) is 127 cm³/mol. The molecule has 6 nitrogen and oxygen atoms in total. The average molecular weight is 494 g/mol. The number of ketones is 1. The van der Waals surface area contributed by atoms with Crippen LogP contribution in [-0.4, -0.2) is 52.9 Å². The summed E-state index contributed by atoms with van der Waals surface area (Å²) in [5.41, 5.74) is 0.974. The van der Waals surface area contributed by atoms with Crippen molar-refractivity contribution in [1.82, 2.24) is 14.9 Å². The van der Waals surface area contributed by atoms with Gasteiger partial charge in [-0.2, -0.15) is 0 Å². The average Bonchev–Trinajstić information content (AvgIpc) is 3.24. The van der Waals surface area contributed by atoms with E-state index in [0.29, 0.717) is 29.2 Å². The van der Waals surface area contributed by atoms with Gasteiger partial charge in [-0.15, -0.1) is 0 Å². The lowest BCUT2D eigenvalue weighted by atomic mass is 9.78. The van der Waals surface area contributed by atoms with Gasteiger partial charge in [0, 0.05) is 37.5 Å². The maximum Gasteiger partial charge on any atom is 0.278 e. The van der Waals surface area contributed by atoms with E-state index in [0.717, 1.165) is 62.8 Å². The SMILES string of the molecule is CC(F)(F)COc1nc2c(s1)CCN(CCC1CCC(CC(=O)COc3cccnc3)CC1)C2. The minimum absolute atomic E-state index is 0.118. The van der Waals surface area contributed by atoms with E-state index in [-0.39, 0.29) is 12.4 Å². The highest BCUT2D eigenvalue weighted by Crippen LogP contribution is 2.34. The van der Waals surface area contributed by atoms with Crippen molar-refractivity contribution in [2.75, 3.05) is 26.3 Å². The zero-order valence-electron chi connectivity index (χ0n) is 19.7. The van der Waals surface area contributed by atoms with Gasteiger partial charge in [-0.25, -0.2) is 13.8 Å². The molecule has 0 radical (unpaired) electrons. The molecular formula is C25H33F2N3O3S. The minimum atomic E-state index is -2.85. The molecule has 0 bridgehead atoms. The lowest BCUT2D eigenvalue weighted by Gasteiger charge is -2.31. The molecule has 9 heteroatoms. The highest BCUT2D eigenvalue weighted by Gasteiger charge is 2.27. The van der Waals surface area contributed by atoms with Crippen molar-refractivity contribution in [2.45, 2.75) is 64.3 Å². The van der Waals surface area contributed by atoms with Crippen molar-refractivity contribution in [1.29, 1.82) is 0 Å². The first kappa shape index (κ1) is 25.0. The molecule has 4 rings (SSSR count). The van der Waals surface area contributed by atoms with Crippen LogP contribution in [0, 0.1) is 11.8 Å². The number of hydrogen-bond donors (Lipinski definition) is 0. The highest BCUT2D eigenvalue weighted by molar-refractivity contribution is 7.13. The fraction of sp³-hybridized carbons (Fsp3) is 0.640. The molecule has 34 heavy (non-hydrogen) atoms. The van der Waals surface area contributed by atoms with E-state index in [9.17, 15) is 13.6 Å². The number of rotatable bonds is 11. The number of fused-ring (bicyclic) bond motifs is 1. The number of nitrogens with zero attached hydrogens (tertiary/aromatic N) is 3. The van der Waals surface area contributed by atoms with Crippen LogP contribution in [0.2, 0.25) is 0 Å². The number of pyridine rings is 1. The molecule has 1 aliphatic carbocycles. The van der Waals surface area contributed by atoms with E-state index < -0.39 is 12.5 Å². The van der Waals surface area contributed by atoms with Crippen molar-refractivity contribution in [3.63, 3.8) is 0 Å². The molecule has 2 aliphatic rings. The molecule has 3 heterocycles. The summed E-state index contributed by atoms with van der Waals surface area (Å²) in [6.07, 6.45) is 10.5. The van der Waals surface area contributed by atoms with Crippen LogP contribution in [0.1, 0.15) is 56.0 Å². The molecule has 2 aromatic heterocycles. The Morgan fingerprint density at radius 2 is 2.03 bits per heavy atom. The topological polar surface area (TPSA) is 64.5 Å². The van der Waals surface area contributed by atoms with Gasteiger partial charge >= 0.3 is 0 Å². The number of thiazole rings is 1. The zero-order chi connectivity index (χ0) is 24.0. The quantitative estimate of drug-likeness (QED) is 0.431. The smallest absolute Gasteiger partial charge is 0.278 e. The number of halogens is 2. The fourth-order valence-electron chi connectivity index (χ4n) is 4.74. The van der Waals surface area contributed by atoms with E-state index in [1.807, 2.05) is 6.07 Å². The number of ether oxygens (including phenoxy) is 2. The Bertz CT molecular complexity index is 927. The van der Waals surface area contributed by atoms with Gasteiger partial charge in [0.15, 0.2) is 12.4 Å². The second-order valence-electron chi connectivity index (χ2n) is 9.63. The van der Waals surface area contributed by atoms with Crippen LogP contribution in [-0.2, 0) is 17.8 Å². The first-order valence-corrected chi connectivity index (χ1v) is 12.9. The second kappa shape index (κ2) is 11.5. The van der Waals surface area contributed by atoms with Gasteiger partial charge in [-0.05, 0) is 56.2 Å². The maximum atomic E-state index is 13.0. The first-order chi connectivity index (χ1) is 16.3. The van der Waals surface area contributed by atoms with Crippen molar-refractivity contribution in [2.24, 2.45) is 11.8 Å². The summed E-state index contributed by atoms with van der Waals surface area (Å²) in [5, 5.41) is 0.354. The van der Waals surface area contributed by atoms with Gasteiger partial charge in [-0.3, -0.25) is 14.7 Å². The summed E-state index contributed by atoms with van der Waals surface area (Å²) in [6.45, 7) is 3.10.